The predicted molar refractivity (Wildman–Crippen MR) is 95.0 cm³/mol. The van der Waals surface area contributed by atoms with Crippen LogP contribution in [0.2, 0.25) is 0 Å². The molecule has 2 aromatic rings. The van der Waals surface area contributed by atoms with Crippen molar-refractivity contribution in [2.75, 3.05) is 20.3 Å². The Labute approximate surface area is 147 Å². The van der Waals surface area contributed by atoms with E-state index >= 15 is 0 Å². The van der Waals surface area contributed by atoms with Crippen LogP contribution in [0.15, 0.2) is 30.3 Å². The van der Waals surface area contributed by atoms with E-state index in [4.69, 9.17) is 4.74 Å². The van der Waals surface area contributed by atoms with Crippen LogP contribution in [-0.4, -0.2) is 46.7 Å². The first-order valence-corrected chi connectivity index (χ1v) is 8.66. The van der Waals surface area contributed by atoms with Gasteiger partial charge in [0, 0.05) is 25.0 Å². The van der Waals surface area contributed by atoms with Crippen LogP contribution < -0.4 is 5.32 Å². The number of hydrogen-bond acceptors (Lipinski definition) is 4. The van der Waals surface area contributed by atoms with Crippen LogP contribution in [0.1, 0.15) is 41.5 Å². The molecule has 6 nitrogen and oxygen atoms in total. The Morgan fingerprint density at radius 3 is 2.80 bits per heavy atom. The number of para-hydroxylation sites is 1. The number of fused-ring (bicyclic) bond motifs is 1. The summed E-state index contributed by atoms with van der Waals surface area (Å²) < 4.78 is 7.10. The van der Waals surface area contributed by atoms with Gasteiger partial charge in [0.1, 0.15) is 0 Å². The number of rotatable bonds is 7. The summed E-state index contributed by atoms with van der Waals surface area (Å²) in [5.41, 5.74) is 2.98. The largest absolute Gasteiger partial charge is 0.396 e. The van der Waals surface area contributed by atoms with Crippen LogP contribution in [0.3, 0.4) is 0 Å². The van der Waals surface area contributed by atoms with Crippen LogP contribution in [-0.2, 0) is 17.6 Å². The molecule has 1 amide bonds. The van der Waals surface area contributed by atoms with Gasteiger partial charge in [0.25, 0.3) is 5.91 Å². The van der Waals surface area contributed by atoms with E-state index in [1.54, 1.807) is 7.11 Å². The summed E-state index contributed by atoms with van der Waals surface area (Å²) in [6.07, 6.45) is 3.25. The third-order valence-electron chi connectivity index (χ3n) is 4.69. The summed E-state index contributed by atoms with van der Waals surface area (Å²) in [6, 6.07) is 9.89. The van der Waals surface area contributed by atoms with Crippen LogP contribution in [0, 0.1) is 0 Å². The molecule has 1 aromatic carbocycles. The van der Waals surface area contributed by atoms with Gasteiger partial charge in [-0.2, -0.15) is 5.10 Å². The molecule has 0 saturated carbocycles. The van der Waals surface area contributed by atoms with E-state index in [2.05, 4.69) is 10.4 Å². The molecule has 0 fully saturated rings. The number of ether oxygens (including phenoxy) is 1. The monoisotopic (exact) mass is 343 g/mol. The van der Waals surface area contributed by atoms with Crippen molar-refractivity contribution in [3.63, 3.8) is 0 Å². The molecule has 1 aromatic heterocycles. The molecular weight excluding hydrogens is 318 g/mol. The second-order valence-electron chi connectivity index (χ2n) is 6.80. The number of nitrogens with zero attached hydrogens (tertiary/aromatic N) is 2. The molecule has 0 saturated heterocycles. The summed E-state index contributed by atoms with van der Waals surface area (Å²) >= 11 is 0. The maximum Gasteiger partial charge on any atom is 0.272 e. The molecule has 2 N–H and O–H groups in total. The minimum Gasteiger partial charge on any atom is -0.396 e. The lowest BCUT2D eigenvalue weighted by atomic mass is 9.99. The van der Waals surface area contributed by atoms with Gasteiger partial charge in [-0.15, -0.1) is 0 Å². The van der Waals surface area contributed by atoms with Gasteiger partial charge in [0.15, 0.2) is 5.69 Å². The minimum absolute atomic E-state index is 0.0172. The van der Waals surface area contributed by atoms with E-state index in [1.807, 2.05) is 41.9 Å². The molecular formula is C19H25N3O3. The van der Waals surface area contributed by atoms with E-state index in [-0.39, 0.29) is 12.5 Å². The molecule has 134 valence electrons. The summed E-state index contributed by atoms with van der Waals surface area (Å²) in [5.74, 6) is -0.208. The van der Waals surface area contributed by atoms with Gasteiger partial charge in [-0.1, -0.05) is 18.2 Å². The van der Waals surface area contributed by atoms with Crippen LogP contribution in [0.25, 0.3) is 5.69 Å². The number of amides is 1. The van der Waals surface area contributed by atoms with Crippen molar-refractivity contribution in [3.05, 3.63) is 47.3 Å². The van der Waals surface area contributed by atoms with E-state index in [1.165, 1.54) is 0 Å². The number of aliphatic hydroxyl groups excluding tert-OH is 1. The molecule has 1 aliphatic carbocycles. The van der Waals surface area contributed by atoms with Gasteiger partial charge in [-0.05, 0) is 44.7 Å². The summed E-state index contributed by atoms with van der Waals surface area (Å²) in [6.45, 7) is 2.19. The van der Waals surface area contributed by atoms with Gasteiger partial charge in [-0.3, -0.25) is 4.79 Å². The molecule has 3 rings (SSSR count). The highest BCUT2D eigenvalue weighted by atomic mass is 16.5. The van der Waals surface area contributed by atoms with Gasteiger partial charge in [-0.25, -0.2) is 4.68 Å². The zero-order valence-corrected chi connectivity index (χ0v) is 14.8. The zero-order valence-electron chi connectivity index (χ0n) is 14.8. The quantitative estimate of drug-likeness (QED) is 0.805. The number of methoxy groups -OCH3 is 1. The van der Waals surface area contributed by atoms with Gasteiger partial charge in [0.2, 0.25) is 0 Å². The first-order chi connectivity index (χ1) is 12.1. The van der Waals surface area contributed by atoms with E-state index in [0.29, 0.717) is 18.7 Å². The molecule has 0 spiro atoms. The maximum absolute atomic E-state index is 12.9. The molecule has 0 radical (unpaired) electrons. The second kappa shape index (κ2) is 7.37. The Kier molecular flexibility index (Phi) is 5.20. The number of hydrogen-bond donors (Lipinski definition) is 2. The lowest BCUT2D eigenvalue weighted by Gasteiger charge is -2.29. The van der Waals surface area contributed by atoms with Crippen molar-refractivity contribution in [1.82, 2.24) is 15.1 Å². The number of benzene rings is 1. The third-order valence-corrected chi connectivity index (χ3v) is 4.69. The lowest BCUT2D eigenvalue weighted by molar-refractivity contribution is 0.0720. The Hall–Kier alpha value is -2.18. The molecule has 1 heterocycles. The number of aliphatic hydroxyl groups is 1. The average molecular weight is 343 g/mol. The number of carbonyl (C=O) groups excluding carboxylic acids is 1. The lowest BCUT2D eigenvalue weighted by Crippen LogP contribution is -2.50. The number of nitrogens with one attached hydrogen (secondary N) is 1. The Bertz CT molecular complexity index is 734. The normalized spacial score (nSPS) is 15.6. The Balaban J connectivity index is 1.91. The molecule has 1 atom stereocenters. The van der Waals surface area contributed by atoms with Gasteiger partial charge < -0.3 is 15.2 Å². The molecule has 0 aliphatic heterocycles. The van der Waals surface area contributed by atoms with Crippen LogP contribution >= 0.6 is 0 Å². The summed E-state index contributed by atoms with van der Waals surface area (Å²) in [5, 5.41) is 16.9. The maximum atomic E-state index is 12.9. The first-order valence-electron chi connectivity index (χ1n) is 8.66. The molecule has 1 aliphatic rings. The molecule has 25 heavy (non-hydrogen) atoms. The standard InChI is InChI=1S/C19H25N3O3/c1-19(11-12-23,13-25-2)20-18(24)17-15-9-6-10-16(15)22(21-17)14-7-4-3-5-8-14/h3-5,7-8,23H,6,9-13H2,1-2H3,(H,20,24). The molecule has 0 bridgehead atoms. The van der Waals surface area contributed by atoms with E-state index < -0.39 is 5.54 Å². The number of aromatic nitrogens is 2. The fraction of sp³-hybridized carbons (Fsp3) is 0.474. The van der Waals surface area contributed by atoms with Crippen molar-refractivity contribution in [1.29, 1.82) is 0 Å². The number of carbonyl (C=O) groups is 1. The average Bonchev–Trinajstić information content (AvgIpc) is 3.18. The highest BCUT2D eigenvalue weighted by molar-refractivity contribution is 5.94. The van der Waals surface area contributed by atoms with Crippen molar-refractivity contribution in [2.24, 2.45) is 0 Å². The third kappa shape index (κ3) is 3.60. The fourth-order valence-corrected chi connectivity index (χ4v) is 3.47. The van der Waals surface area contributed by atoms with E-state index in [0.717, 1.165) is 36.2 Å². The highest BCUT2D eigenvalue weighted by Gasteiger charge is 2.31. The van der Waals surface area contributed by atoms with Crippen molar-refractivity contribution < 1.29 is 14.6 Å². The SMILES string of the molecule is COCC(C)(CCO)NC(=O)c1nn(-c2ccccc2)c2c1CCC2. The molecule has 6 heteroatoms. The topological polar surface area (TPSA) is 76.4 Å². The minimum atomic E-state index is -0.622. The Morgan fingerprint density at radius 2 is 2.12 bits per heavy atom. The van der Waals surface area contributed by atoms with Gasteiger partial charge in [0.05, 0.1) is 17.8 Å². The summed E-state index contributed by atoms with van der Waals surface area (Å²) in [7, 11) is 1.59. The van der Waals surface area contributed by atoms with Crippen molar-refractivity contribution >= 4 is 5.91 Å². The van der Waals surface area contributed by atoms with Crippen LogP contribution in [0.5, 0.6) is 0 Å². The van der Waals surface area contributed by atoms with Crippen molar-refractivity contribution in [2.45, 2.75) is 38.1 Å². The fourth-order valence-electron chi connectivity index (χ4n) is 3.47. The summed E-state index contributed by atoms with van der Waals surface area (Å²) in [4.78, 5) is 12.9. The predicted octanol–water partition coefficient (Wildman–Crippen LogP) is 1.88. The molecule has 1 unspecified atom stereocenters. The van der Waals surface area contributed by atoms with Crippen molar-refractivity contribution in [3.8, 4) is 5.69 Å². The van der Waals surface area contributed by atoms with Crippen LogP contribution in [0.4, 0.5) is 0 Å². The Morgan fingerprint density at radius 1 is 1.36 bits per heavy atom. The smallest absolute Gasteiger partial charge is 0.272 e. The second-order valence-corrected chi connectivity index (χ2v) is 6.80. The van der Waals surface area contributed by atoms with E-state index in [9.17, 15) is 9.90 Å². The first kappa shape index (κ1) is 17.6. The highest BCUT2D eigenvalue weighted by Crippen LogP contribution is 2.28. The zero-order chi connectivity index (χ0) is 17.9. The van der Waals surface area contributed by atoms with Gasteiger partial charge >= 0.3 is 0 Å².